The molecule has 2 rings (SSSR count). The van der Waals surface area contributed by atoms with Crippen LogP contribution in [-0.2, 0) is 6.42 Å². The van der Waals surface area contributed by atoms with Gasteiger partial charge in [-0.1, -0.05) is 5.16 Å². The van der Waals surface area contributed by atoms with Crippen molar-refractivity contribution >= 4 is 0 Å². The van der Waals surface area contributed by atoms with E-state index in [9.17, 15) is 0 Å². The van der Waals surface area contributed by atoms with Crippen LogP contribution in [0.4, 0.5) is 0 Å². The fourth-order valence-electron chi connectivity index (χ4n) is 1.08. The molecule has 2 aromatic heterocycles. The van der Waals surface area contributed by atoms with E-state index in [0.717, 1.165) is 0 Å². The average molecular weight is 191 g/mol. The second-order valence-electron chi connectivity index (χ2n) is 2.73. The SMILES string of the molecule is OCCc1cc(-c2ncccn2)on1. The lowest BCUT2D eigenvalue weighted by molar-refractivity contribution is 0.294. The molecule has 0 amide bonds. The van der Waals surface area contributed by atoms with E-state index in [4.69, 9.17) is 9.63 Å². The van der Waals surface area contributed by atoms with Gasteiger partial charge in [-0.2, -0.15) is 0 Å². The third-order valence-corrected chi connectivity index (χ3v) is 1.71. The highest BCUT2D eigenvalue weighted by Crippen LogP contribution is 2.14. The Morgan fingerprint density at radius 1 is 1.29 bits per heavy atom. The van der Waals surface area contributed by atoms with Gasteiger partial charge >= 0.3 is 0 Å². The number of aliphatic hydroxyl groups excluding tert-OH is 1. The Morgan fingerprint density at radius 3 is 2.79 bits per heavy atom. The minimum absolute atomic E-state index is 0.0572. The molecule has 0 bridgehead atoms. The Balaban J connectivity index is 2.25. The predicted octanol–water partition coefficient (Wildman–Crippen LogP) is 0.666. The molecule has 0 saturated heterocycles. The van der Waals surface area contributed by atoms with Crippen molar-refractivity contribution in [2.75, 3.05) is 6.61 Å². The highest BCUT2D eigenvalue weighted by atomic mass is 16.5. The van der Waals surface area contributed by atoms with Crippen LogP contribution in [0.5, 0.6) is 0 Å². The molecule has 2 heterocycles. The van der Waals surface area contributed by atoms with Gasteiger partial charge in [0.05, 0.1) is 5.69 Å². The van der Waals surface area contributed by atoms with Crippen molar-refractivity contribution in [2.24, 2.45) is 0 Å². The first-order valence-electron chi connectivity index (χ1n) is 4.24. The van der Waals surface area contributed by atoms with E-state index in [1.54, 1.807) is 24.5 Å². The van der Waals surface area contributed by atoms with E-state index >= 15 is 0 Å². The molecule has 1 N–H and O–H groups in total. The number of aliphatic hydroxyl groups is 1. The van der Waals surface area contributed by atoms with Crippen molar-refractivity contribution in [1.82, 2.24) is 15.1 Å². The van der Waals surface area contributed by atoms with Gasteiger partial charge in [-0.15, -0.1) is 0 Å². The summed E-state index contributed by atoms with van der Waals surface area (Å²) in [6.07, 6.45) is 3.75. The van der Waals surface area contributed by atoms with Crippen molar-refractivity contribution in [3.05, 3.63) is 30.2 Å². The molecule has 0 fully saturated rings. The Labute approximate surface area is 80.4 Å². The van der Waals surface area contributed by atoms with Crippen molar-refractivity contribution in [3.63, 3.8) is 0 Å². The topological polar surface area (TPSA) is 72.0 Å². The summed E-state index contributed by atoms with van der Waals surface area (Å²) in [5.41, 5.74) is 0.704. The third kappa shape index (κ3) is 1.77. The second-order valence-corrected chi connectivity index (χ2v) is 2.73. The molecule has 0 atom stereocenters. The van der Waals surface area contributed by atoms with Gasteiger partial charge in [-0.3, -0.25) is 0 Å². The number of aromatic nitrogens is 3. The summed E-state index contributed by atoms with van der Waals surface area (Å²) in [7, 11) is 0. The van der Waals surface area contributed by atoms with Gasteiger partial charge in [0, 0.05) is 31.5 Å². The Kier molecular flexibility index (Phi) is 2.51. The van der Waals surface area contributed by atoms with Gasteiger partial charge in [-0.05, 0) is 6.07 Å². The van der Waals surface area contributed by atoms with Crippen LogP contribution in [0.1, 0.15) is 5.69 Å². The van der Waals surface area contributed by atoms with Crippen LogP contribution >= 0.6 is 0 Å². The number of hydrogen-bond acceptors (Lipinski definition) is 5. The standard InChI is InChI=1S/C9H9N3O2/c13-5-2-7-6-8(14-12-7)9-10-3-1-4-11-9/h1,3-4,6,13H,2,5H2. The molecule has 2 aromatic rings. The fraction of sp³-hybridized carbons (Fsp3) is 0.222. The predicted molar refractivity (Wildman–Crippen MR) is 48.3 cm³/mol. The molecule has 0 saturated carbocycles. The molecule has 5 heteroatoms. The molecule has 0 spiro atoms. The lowest BCUT2D eigenvalue weighted by Crippen LogP contribution is -1.89. The summed E-state index contributed by atoms with van der Waals surface area (Å²) >= 11 is 0. The van der Waals surface area contributed by atoms with Crippen LogP contribution in [0.25, 0.3) is 11.6 Å². The maximum atomic E-state index is 8.69. The van der Waals surface area contributed by atoms with E-state index < -0.39 is 0 Å². The first kappa shape index (κ1) is 8.83. The minimum atomic E-state index is 0.0572. The second kappa shape index (κ2) is 3.97. The van der Waals surface area contributed by atoms with E-state index in [1.165, 1.54) is 0 Å². The van der Waals surface area contributed by atoms with Gasteiger partial charge in [0.15, 0.2) is 5.82 Å². The molecule has 0 aliphatic rings. The quantitative estimate of drug-likeness (QED) is 0.771. The van der Waals surface area contributed by atoms with Crippen molar-refractivity contribution in [1.29, 1.82) is 0 Å². The molecular weight excluding hydrogens is 182 g/mol. The first-order valence-corrected chi connectivity index (χ1v) is 4.24. The van der Waals surface area contributed by atoms with Crippen LogP contribution in [0, 0.1) is 0 Å². The molecular formula is C9H9N3O2. The summed E-state index contributed by atoms with van der Waals surface area (Å²) in [6.45, 7) is 0.0572. The normalized spacial score (nSPS) is 10.4. The summed E-state index contributed by atoms with van der Waals surface area (Å²) in [5, 5.41) is 12.5. The highest BCUT2D eigenvalue weighted by Gasteiger charge is 2.07. The Bertz CT molecular complexity index is 399. The van der Waals surface area contributed by atoms with E-state index in [0.29, 0.717) is 23.7 Å². The maximum absolute atomic E-state index is 8.69. The lowest BCUT2D eigenvalue weighted by Gasteiger charge is -1.89. The molecule has 0 aliphatic carbocycles. The van der Waals surface area contributed by atoms with Crippen molar-refractivity contribution in [3.8, 4) is 11.6 Å². The zero-order chi connectivity index (χ0) is 9.80. The van der Waals surface area contributed by atoms with Crippen molar-refractivity contribution < 1.29 is 9.63 Å². The van der Waals surface area contributed by atoms with Gasteiger partial charge in [-0.25, -0.2) is 9.97 Å². The van der Waals surface area contributed by atoms with Gasteiger partial charge in [0.2, 0.25) is 5.76 Å². The third-order valence-electron chi connectivity index (χ3n) is 1.71. The molecule has 0 radical (unpaired) electrons. The number of nitrogens with zero attached hydrogens (tertiary/aromatic N) is 3. The molecule has 5 nitrogen and oxygen atoms in total. The Hall–Kier alpha value is -1.75. The molecule has 0 aromatic carbocycles. The lowest BCUT2D eigenvalue weighted by atomic mass is 10.3. The first-order chi connectivity index (χ1) is 6.90. The van der Waals surface area contributed by atoms with E-state index in [-0.39, 0.29) is 6.61 Å². The van der Waals surface area contributed by atoms with Crippen LogP contribution in [-0.4, -0.2) is 26.8 Å². The molecule has 72 valence electrons. The Morgan fingerprint density at radius 2 is 2.07 bits per heavy atom. The summed E-state index contributed by atoms with van der Waals surface area (Å²) in [4.78, 5) is 8.03. The van der Waals surface area contributed by atoms with Crippen LogP contribution in [0.3, 0.4) is 0 Å². The fourth-order valence-corrected chi connectivity index (χ4v) is 1.08. The van der Waals surface area contributed by atoms with Gasteiger partial charge in [0.1, 0.15) is 0 Å². The zero-order valence-corrected chi connectivity index (χ0v) is 7.42. The molecule has 0 unspecified atom stereocenters. The van der Waals surface area contributed by atoms with Crippen LogP contribution in [0.15, 0.2) is 29.0 Å². The average Bonchev–Trinajstić information content (AvgIpc) is 2.68. The van der Waals surface area contributed by atoms with Gasteiger partial charge in [0.25, 0.3) is 0 Å². The minimum Gasteiger partial charge on any atom is -0.396 e. The summed E-state index contributed by atoms with van der Waals surface area (Å²) in [6, 6.07) is 3.46. The number of rotatable bonds is 3. The van der Waals surface area contributed by atoms with Gasteiger partial charge < -0.3 is 9.63 Å². The summed E-state index contributed by atoms with van der Waals surface area (Å²) in [5.74, 6) is 1.03. The monoisotopic (exact) mass is 191 g/mol. The highest BCUT2D eigenvalue weighted by molar-refractivity contribution is 5.45. The zero-order valence-electron chi connectivity index (χ0n) is 7.42. The molecule has 14 heavy (non-hydrogen) atoms. The smallest absolute Gasteiger partial charge is 0.204 e. The summed E-state index contributed by atoms with van der Waals surface area (Å²) < 4.78 is 5.02. The van der Waals surface area contributed by atoms with Crippen molar-refractivity contribution in [2.45, 2.75) is 6.42 Å². The largest absolute Gasteiger partial charge is 0.396 e. The van der Waals surface area contributed by atoms with Crippen LogP contribution in [0.2, 0.25) is 0 Å². The van der Waals surface area contributed by atoms with E-state index in [1.807, 2.05) is 0 Å². The molecule has 0 aliphatic heterocycles. The van der Waals surface area contributed by atoms with E-state index in [2.05, 4.69) is 15.1 Å². The maximum Gasteiger partial charge on any atom is 0.204 e. The number of hydrogen-bond donors (Lipinski definition) is 1. The van der Waals surface area contributed by atoms with Crippen LogP contribution < -0.4 is 0 Å².